The van der Waals surface area contributed by atoms with Crippen molar-refractivity contribution in [3.63, 3.8) is 0 Å². The van der Waals surface area contributed by atoms with E-state index in [9.17, 15) is 5.11 Å². The van der Waals surface area contributed by atoms with Gasteiger partial charge in [-0.15, -0.1) is 10.2 Å². The van der Waals surface area contributed by atoms with E-state index in [0.29, 0.717) is 5.75 Å². The van der Waals surface area contributed by atoms with E-state index >= 15 is 0 Å². The van der Waals surface area contributed by atoms with Gasteiger partial charge in [0.15, 0.2) is 4.34 Å². The molecule has 0 aliphatic heterocycles. The first-order valence-corrected chi connectivity index (χ1v) is 10.1. The lowest BCUT2D eigenvalue weighted by Gasteiger charge is -2.11. The van der Waals surface area contributed by atoms with Crippen LogP contribution in [0.2, 0.25) is 0 Å². The molecule has 3 rings (SSSR count). The van der Waals surface area contributed by atoms with Gasteiger partial charge in [0.05, 0.1) is 6.10 Å². The van der Waals surface area contributed by atoms with Gasteiger partial charge in [0.25, 0.3) is 0 Å². The van der Waals surface area contributed by atoms with Crippen molar-refractivity contribution < 1.29 is 9.84 Å². The molecule has 1 heterocycles. The number of para-hydroxylation sites is 1. The van der Waals surface area contributed by atoms with Gasteiger partial charge in [-0.05, 0) is 37.6 Å². The molecule has 0 amide bonds. The van der Waals surface area contributed by atoms with Crippen molar-refractivity contribution in [1.29, 1.82) is 0 Å². The fourth-order valence-corrected chi connectivity index (χ4v) is 3.89. The monoisotopic (exact) mass is 387 g/mol. The molecule has 0 aliphatic rings. The molecule has 0 radical (unpaired) electrons. The van der Waals surface area contributed by atoms with Gasteiger partial charge >= 0.3 is 0 Å². The number of aromatic nitrogens is 2. The number of rotatable bonds is 8. The highest BCUT2D eigenvalue weighted by Crippen LogP contribution is 2.29. The second kappa shape index (κ2) is 9.02. The summed E-state index contributed by atoms with van der Waals surface area (Å²) in [6.07, 6.45) is -0.571. The number of anilines is 2. The molecule has 3 aromatic rings. The summed E-state index contributed by atoms with van der Waals surface area (Å²) in [5, 5.41) is 22.4. The maximum Gasteiger partial charge on any atom is 0.210 e. The molecule has 2 N–H and O–H groups in total. The Kier molecular flexibility index (Phi) is 6.49. The van der Waals surface area contributed by atoms with Crippen molar-refractivity contribution in [3.05, 3.63) is 59.7 Å². The molecule has 0 fully saturated rings. The fraction of sp³-hybridized carbons (Fsp3) is 0.263. The number of nitrogens with one attached hydrogen (secondary N) is 1. The minimum Gasteiger partial charge on any atom is -0.491 e. The molecule has 26 heavy (non-hydrogen) atoms. The van der Waals surface area contributed by atoms with Gasteiger partial charge in [-0.1, -0.05) is 59.0 Å². The molecule has 1 atom stereocenters. The molecule has 0 aliphatic carbocycles. The molecule has 0 bridgehead atoms. The Hall–Kier alpha value is -2.09. The highest BCUT2D eigenvalue weighted by Gasteiger charge is 2.11. The second-order valence-corrected chi connectivity index (χ2v) is 8.15. The van der Waals surface area contributed by atoms with E-state index in [2.05, 4.69) is 15.5 Å². The summed E-state index contributed by atoms with van der Waals surface area (Å²) in [4.78, 5) is 0. The van der Waals surface area contributed by atoms with E-state index in [4.69, 9.17) is 4.74 Å². The minimum absolute atomic E-state index is 0.253. The highest BCUT2D eigenvalue weighted by atomic mass is 32.2. The van der Waals surface area contributed by atoms with E-state index in [-0.39, 0.29) is 6.61 Å². The van der Waals surface area contributed by atoms with Crippen molar-refractivity contribution in [3.8, 4) is 5.75 Å². The first kappa shape index (κ1) is 18.7. The van der Waals surface area contributed by atoms with E-state index in [0.717, 1.165) is 26.5 Å². The van der Waals surface area contributed by atoms with Crippen LogP contribution in [0.5, 0.6) is 5.75 Å². The number of nitrogens with zero attached hydrogens (tertiary/aromatic N) is 2. The van der Waals surface area contributed by atoms with E-state index in [1.54, 1.807) is 0 Å². The predicted molar refractivity (Wildman–Crippen MR) is 108 cm³/mol. The summed E-state index contributed by atoms with van der Waals surface area (Å²) in [6, 6.07) is 15.8. The topological polar surface area (TPSA) is 67.3 Å². The Labute approximate surface area is 161 Å². The van der Waals surface area contributed by atoms with Gasteiger partial charge < -0.3 is 15.2 Å². The lowest BCUT2D eigenvalue weighted by atomic mass is 10.2. The van der Waals surface area contributed by atoms with E-state index in [1.165, 1.54) is 28.7 Å². The van der Waals surface area contributed by atoms with Crippen molar-refractivity contribution in [2.75, 3.05) is 17.7 Å². The molecule has 0 unspecified atom stereocenters. The first-order chi connectivity index (χ1) is 12.6. The maximum absolute atomic E-state index is 10.1. The summed E-state index contributed by atoms with van der Waals surface area (Å²) in [6.45, 7) is 4.33. The van der Waals surface area contributed by atoms with Crippen LogP contribution < -0.4 is 10.1 Å². The second-order valence-electron chi connectivity index (χ2n) is 5.90. The standard InChI is InChI=1S/C19H21N3O2S2/c1-13-7-9-16(10-8-13)24-11-15(23)12-25-19-22-21-18(26-19)20-17-6-4-3-5-14(17)2/h3-10,15,23H,11-12H2,1-2H3,(H,20,21)/t15-/m1/s1. The number of thioether (sulfide) groups is 1. The Morgan fingerprint density at radius 1 is 1.12 bits per heavy atom. The van der Waals surface area contributed by atoms with Crippen molar-refractivity contribution in [2.45, 2.75) is 24.3 Å². The Balaban J connectivity index is 1.45. The molecule has 136 valence electrons. The van der Waals surface area contributed by atoms with Crippen LogP contribution in [0.3, 0.4) is 0 Å². The quantitative estimate of drug-likeness (QED) is 0.557. The van der Waals surface area contributed by atoms with Crippen LogP contribution in [0.1, 0.15) is 11.1 Å². The molecule has 2 aromatic carbocycles. The molecule has 0 saturated carbocycles. The Morgan fingerprint density at radius 3 is 2.65 bits per heavy atom. The lowest BCUT2D eigenvalue weighted by molar-refractivity contribution is 0.126. The van der Waals surface area contributed by atoms with Crippen molar-refractivity contribution in [1.82, 2.24) is 10.2 Å². The number of aliphatic hydroxyl groups is 1. The smallest absolute Gasteiger partial charge is 0.210 e. The average Bonchev–Trinajstić information content (AvgIpc) is 3.09. The lowest BCUT2D eigenvalue weighted by Crippen LogP contribution is -2.20. The minimum atomic E-state index is -0.571. The van der Waals surface area contributed by atoms with Gasteiger partial charge in [-0.3, -0.25) is 0 Å². The average molecular weight is 388 g/mol. The Morgan fingerprint density at radius 2 is 1.88 bits per heavy atom. The zero-order valence-electron chi connectivity index (χ0n) is 14.7. The summed E-state index contributed by atoms with van der Waals surface area (Å²) in [5.41, 5.74) is 3.35. The van der Waals surface area contributed by atoms with Crippen LogP contribution in [0.25, 0.3) is 0 Å². The number of ether oxygens (including phenoxy) is 1. The summed E-state index contributed by atoms with van der Waals surface area (Å²) >= 11 is 2.95. The number of benzene rings is 2. The molecular weight excluding hydrogens is 366 g/mol. The largest absolute Gasteiger partial charge is 0.491 e. The van der Waals surface area contributed by atoms with Gasteiger partial charge in [-0.2, -0.15) is 0 Å². The van der Waals surface area contributed by atoms with Gasteiger partial charge in [0.1, 0.15) is 12.4 Å². The van der Waals surface area contributed by atoms with Gasteiger partial charge in [0, 0.05) is 11.4 Å². The zero-order chi connectivity index (χ0) is 18.4. The van der Waals surface area contributed by atoms with Crippen molar-refractivity contribution >= 4 is 33.9 Å². The SMILES string of the molecule is Cc1ccc(OC[C@@H](O)CSc2nnc(Nc3ccccc3C)s2)cc1. The molecular formula is C19H21N3O2S2. The number of aliphatic hydroxyl groups excluding tert-OH is 1. The normalized spacial score (nSPS) is 12.0. The predicted octanol–water partition coefficient (Wildman–Crippen LogP) is 4.43. The van der Waals surface area contributed by atoms with Gasteiger partial charge in [-0.25, -0.2) is 0 Å². The maximum atomic E-state index is 10.1. The number of hydrogen-bond donors (Lipinski definition) is 2. The summed E-state index contributed by atoms with van der Waals surface area (Å²) in [7, 11) is 0. The van der Waals surface area contributed by atoms with Gasteiger partial charge in [0.2, 0.25) is 5.13 Å². The van der Waals surface area contributed by atoms with Crippen LogP contribution in [0.4, 0.5) is 10.8 Å². The summed E-state index contributed by atoms with van der Waals surface area (Å²) in [5.74, 6) is 1.27. The first-order valence-electron chi connectivity index (χ1n) is 8.26. The van der Waals surface area contributed by atoms with Crippen molar-refractivity contribution in [2.24, 2.45) is 0 Å². The molecule has 5 nitrogen and oxygen atoms in total. The molecule has 0 saturated heterocycles. The molecule has 0 spiro atoms. The van der Waals surface area contributed by atoms with E-state index in [1.807, 2.05) is 62.4 Å². The van der Waals surface area contributed by atoms with Crippen LogP contribution >= 0.6 is 23.1 Å². The highest BCUT2D eigenvalue weighted by molar-refractivity contribution is 8.01. The molecule has 7 heteroatoms. The third-order valence-electron chi connectivity index (χ3n) is 3.66. The third kappa shape index (κ3) is 5.45. The zero-order valence-corrected chi connectivity index (χ0v) is 16.3. The Bertz CT molecular complexity index is 837. The van der Waals surface area contributed by atoms with Crippen LogP contribution in [0, 0.1) is 13.8 Å². The summed E-state index contributed by atoms with van der Waals surface area (Å²) < 4.78 is 6.42. The fourth-order valence-electron chi connectivity index (χ4n) is 2.19. The third-order valence-corrected chi connectivity index (χ3v) is 5.77. The van der Waals surface area contributed by atoms with E-state index < -0.39 is 6.10 Å². The number of aryl methyl sites for hydroxylation is 2. The van der Waals surface area contributed by atoms with Crippen LogP contribution in [-0.4, -0.2) is 33.8 Å². The molecule has 1 aromatic heterocycles. The van der Waals surface area contributed by atoms with Crippen LogP contribution in [-0.2, 0) is 0 Å². The number of hydrogen-bond acceptors (Lipinski definition) is 7. The van der Waals surface area contributed by atoms with Crippen LogP contribution in [0.15, 0.2) is 52.9 Å².